The Morgan fingerprint density at radius 3 is 2.57 bits per heavy atom. The van der Waals surface area contributed by atoms with Crippen LogP contribution < -0.4 is 10.1 Å². The Morgan fingerprint density at radius 1 is 1.29 bits per heavy atom. The van der Waals surface area contributed by atoms with Crippen molar-refractivity contribution in [2.75, 3.05) is 13.7 Å². The molecule has 0 heterocycles. The normalized spacial score (nSPS) is 13.2. The highest BCUT2D eigenvalue weighted by atomic mass is 19.4. The van der Waals surface area contributed by atoms with Gasteiger partial charge in [-0.2, -0.15) is 13.2 Å². The molecule has 0 spiro atoms. The largest absolute Gasteiger partial charge is 0.496 e. The first-order valence-electron chi connectivity index (χ1n) is 7.32. The Morgan fingerprint density at radius 2 is 2.00 bits per heavy atom. The van der Waals surface area contributed by atoms with Gasteiger partial charge in [-0.05, 0) is 44.4 Å². The van der Waals surface area contributed by atoms with Gasteiger partial charge in [0.05, 0.1) is 7.11 Å². The molecule has 0 saturated carbocycles. The van der Waals surface area contributed by atoms with E-state index in [0.717, 1.165) is 29.8 Å². The molecule has 0 radical (unpaired) electrons. The Labute approximate surface area is 124 Å². The summed E-state index contributed by atoms with van der Waals surface area (Å²) in [4.78, 5) is 0. The van der Waals surface area contributed by atoms with E-state index >= 15 is 0 Å². The van der Waals surface area contributed by atoms with E-state index in [0.29, 0.717) is 6.42 Å². The van der Waals surface area contributed by atoms with Crippen molar-refractivity contribution in [3.05, 3.63) is 29.3 Å². The average molecular weight is 303 g/mol. The van der Waals surface area contributed by atoms with Gasteiger partial charge in [-0.15, -0.1) is 0 Å². The topological polar surface area (TPSA) is 21.3 Å². The number of ether oxygens (including phenoxy) is 1. The SMILES string of the molecule is CCCNC(CCCC(F)(F)F)c1ccc(C)cc1OC. The van der Waals surface area contributed by atoms with Gasteiger partial charge in [0.2, 0.25) is 0 Å². The van der Waals surface area contributed by atoms with Crippen molar-refractivity contribution >= 4 is 0 Å². The van der Waals surface area contributed by atoms with Crippen LogP contribution in [0.4, 0.5) is 13.2 Å². The molecular formula is C16H24F3NO. The predicted molar refractivity (Wildman–Crippen MR) is 78.7 cm³/mol. The highest BCUT2D eigenvalue weighted by molar-refractivity contribution is 5.39. The number of nitrogens with one attached hydrogen (secondary N) is 1. The van der Waals surface area contributed by atoms with Crippen LogP contribution in [0.1, 0.15) is 49.8 Å². The minimum Gasteiger partial charge on any atom is -0.496 e. The molecule has 1 aromatic carbocycles. The lowest BCUT2D eigenvalue weighted by atomic mass is 9.98. The second-order valence-corrected chi connectivity index (χ2v) is 5.26. The zero-order valence-corrected chi connectivity index (χ0v) is 12.9. The van der Waals surface area contributed by atoms with Gasteiger partial charge in [-0.1, -0.05) is 19.1 Å². The summed E-state index contributed by atoms with van der Waals surface area (Å²) in [6.45, 7) is 4.77. The summed E-state index contributed by atoms with van der Waals surface area (Å²) in [5.74, 6) is 0.732. The van der Waals surface area contributed by atoms with Crippen molar-refractivity contribution in [3.8, 4) is 5.75 Å². The van der Waals surface area contributed by atoms with E-state index in [1.165, 1.54) is 0 Å². The number of halogens is 3. The third-order valence-corrected chi connectivity index (χ3v) is 3.36. The van der Waals surface area contributed by atoms with Crippen LogP contribution in [0, 0.1) is 6.92 Å². The lowest BCUT2D eigenvalue weighted by Gasteiger charge is -2.22. The van der Waals surface area contributed by atoms with Gasteiger partial charge < -0.3 is 10.1 Å². The molecule has 1 rings (SSSR count). The Hall–Kier alpha value is -1.23. The number of alkyl halides is 3. The molecule has 0 aliphatic rings. The summed E-state index contributed by atoms with van der Waals surface area (Å²) in [5.41, 5.74) is 2.00. The summed E-state index contributed by atoms with van der Waals surface area (Å²) >= 11 is 0. The molecule has 120 valence electrons. The minimum absolute atomic E-state index is 0.108. The molecule has 1 aromatic rings. The highest BCUT2D eigenvalue weighted by Gasteiger charge is 2.27. The number of hydrogen-bond donors (Lipinski definition) is 1. The molecule has 21 heavy (non-hydrogen) atoms. The minimum atomic E-state index is -4.09. The van der Waals surface area contributed by atoms with E-state index in [9.17, 15) is 13.2 Å². The standard InChI is InChI=1S/C16H24F3NO/c1-4-10-20-14(6-5-9-16(17,18)19)13-8-7-12(2)11-15(13)21-3/h7-8,11,14,20H,4-6,9-10H2,1-3H3. The summed E-state index contributed by atoms with van der Waals surface area (Å²) in [5, 5.41) is 3.32. The van der Waals surface area contributed by atoms with Gasteiger partial charge in [0.1, 0.15) is 5.75 Å². The molecule has 0 saturated heterocycles. The van der Waals surface area contributed by atoms with Crippen LogP contribution in [0.5, 0.6) is 5.75 Å². The molecule has 0 bridgehead atoms. The number of aryl methyl sites for hydroxylation is 1. The number of rotatable bonds is 8. The lowest BCUT2D eigenvalue weighted by Crippen LogP contribution is -2.23. The fourth-order valence-corrected chi connectivity index (χ4v) is 2.30. The molecule has 0 amide bonds. The Balaban J connectivity index is 2.81. The summed E-state index contributed by atoms with van der Waals surface area (Å²) < 4.78 is 42.3. The third-order valence-electron chi connectivity index (χ3n) is 3.36. The van der Waals surface area contributed by atoms with Gasteiger partial charge in [0, 0.05) is 18.0 Å². The van der Waals surface area contributed by atoms with Gasteiger partial charge in [-0.3, -0.25) is 0 Å². The fourth-order valence-electron chi connectivity index (χ4n) is 2.30. The van der Waals surface area contributed by atoms with Crippen LogP contribution in [-0.2, 0) is 0 Å². The molecule has 1 atom stereocenters. The maximum atomic E-state index is 12.3. The molecule has 0 aliphatic heterocycles. The van der Waals surface area contributed by atoms with E-state index < -0.39 is 12.6 Å². The van der Waals surface area contributed by atoms with Gasteiger partial charge in [0.25, 0.3) is 0 Å². The Bertz CT molecular complexity index is 432. The van der Waals surface area contributed by atoms with E-state index in [4.69, 9.17) is 4.74 Å². The molecule has 0 aliphatic carbocycles. The van der Waals surface area contributed by atoms with Crippen molar-refractivity contribution < 1.29 is 17.9 Å². The van der Waals surface area contributed by atoms with Crippen molar-refractivity contribution in [1.29, 1.82) is 0 Å². The van der Waals surface area contributed by atoms with Crippen LogP contribution in [0.25, 0.3) is 0 Å². The first-order chi connectivity index (χ1) is 9.87. The van der Waals surface area contributed by atoms with E-state index in [1.807, 2.05) is 32.0 Å². The summed E-state index contributed by atoms with van der Waals surface area (Å²) in [6.07, 6.45) is -3.34. The summed E-state index contributed by atoms with van der Waals surface area (Å²) in [7, 11) is 1.59. The zero-order valence-electron chi connectivity index (χ0n) is 12.9. The van der Waals surface area contributed by atoms with Crippen LogP contribution in [-0.4, -0.2) is 19.8 Å². The molecule has 1 N–H and O–H groups in total. The number of hydrogen-bond acceptors (Lipinski definition) is 2. The second kappa shape index (κ2) is 8.27. The first-order valence-corrected chi connectivity index (χ1v) is 7.32. The smallest absolute Gasteiger partial charge is 0.389 e. The average Bonchev–Trinajstić information content (AvgIpc) is 2.41. The quantitative estimate of drug-likeness (QED) is 0.746. The molecule has 5 heteroatoms. The number of methoxy groups -OCH3 is 1. The Kier molecular flexibility index (Phi) is 7.02. The van der Waals surface area contributed by atoms with Gasteiger partial charge in [-0.25, -0.2) is 0 Å². The van der Waals surface area contributed by atoms with Crippen LogP contribution >= 0.6 is 0 Å². The monoisotopic (exact) mass is 303 g/mol. The van der Waals surface area contributed by atoms with Crippen LogP contribution in [0.15, 0.2) is 18.2 Å². The van der Waals surface area contributed by atoms with E-state index in [1.54, 1.807) is 7.11 Å². The lowest BCUT2D eigenvalue weighted by molar-refractivity contribution is -0.135. The highest BCUT2D eigenvalue weighted by Crippen LogP contribution is 2.31. The fraction of sp³-hybridized carbons (Fsp3) is 0.625. The maximum absolute atomic E-state index is 12.3. The van der Waals surface area contributed by atoms with Crippen molar-refractivity contribution in [2.24, 2.45) is 0 Å². The van der Waals surface area contributed by atoms with E-state index in [2.05, 4.69) is 5.32 Å². The van der Waals surface area contributed by atoms with Gasteiger partial charge >= 0.3 is 6.18 Å². The van der Waals surface area contributed by atoms with Crippen molar-refractivity contribution in [1.82, 2.24) is 5.32 Å². The van der Waals surface area contributed by atoms with Gasteiger partial charge in [0.15, 0.2) is 0 Å². The molecule has 0 aromatic heterocycles. The first kappa shape index (κ1) is 17.8. The second-order valence-electron chi connectivity index (χ2n) is 5.26. The van der Waals surface area contributed by atoms with Crippen LogP contribution in [0.2, 0.25) is 0 Å². The molecule has 2 nitrogen and oxygen atoms in total. The predicted octanol–water partition coefficient (Wildman–Crippen LogP) is 4.78. The third kappa shape index (κ3) is 6.38. The van der Waals surface area contributed by atoms with Crippen LogP contribution in [0.3, 0.4) is 0 Å². The number of benzene rings is 1. The van der Waals surface area contributed by atoms with Crippen molar-refractivity contribution in [3.63, 3.8) is 0 Å². The molecule has 1 unspecified atom stereocenters. The molecule has 0 fully saturated rings. The van der Waals surface area contributed by atoms with E-state index in [-0.39, 0.29) is 12.5 Å². The van der Waals surface area contributed by atoms with Crippen molar-refractivity contribution in [2.45, 2.75) is 51.7 Å². The molecular weight excluding hydrogens is 279 g/mol. The summed E-state index contributed by atoms with van der Waals surface area (Å²) in [6, 6.07) is 5.71. The maximum Gasteiger partial charge on any atom is 0.389 e. The zero-order chi connectivity index (χ0) is 15.9.